The van der Waals surface area contributed by atoms with E-state index in [4.69, 9.17) is 9.47 Å². The molecule has 9 heteroatoms. The van der Waals surface area contributed by atoms with Crippen molar-refractivity contribution in [3.8, 4) is 5.75 Å². The minimum absolute atomic E-state index is 0.0472. The molecular formula is C24H32N4O5. The van der Waals surface area contributed by atoms with Crippen LogP contribution in [0.4, 0.5) is 0 Å². The zero-order valence-electron chi connectivity index (χ0n) is 19.9. The number of carbonyl (C=O) groups is 3. The summed E-state index contributed by atoms with van der Waals surface area (Å²) < 4.78 is 11.8. The topological polar surface area (TPSA) is 103 Å². The van der Waals surface area contributed by atoms with Crippen molar-refractivity contribution in [2.24, 2.45) is 5.92 Å². The van der Waals surface area contributed by atoms with Gasteiger partial charge in [-0.2, -0.15) is 5.10 Å². The van der Waals surface area contributed by atoms with Crippen LogP contribution < -0.4 is 10.1 Å². The summed E-state index contributed by atoms with van der Waals surface area (Å²) in [7, 11) is 1.58. The maximum absolute atomic E-state index is 13.6. The quantitative estimate of drug-likeness (QED) is 0.582. The number of hydrogen-bond donors (Lipinski definition) is 1. The van der Waals surface area contributed by atoms with Gasteiger partial charge in [0.2, 0.25) is 5.91 Å². The molecule has 178 valence electrons. The van der Waals surface area contributed by atoms with Crippen LogP contribution in [0.25, 0.3) is 0 Å². The summed E-state index contributed by atoms with van der Waals surface area (Å²) in [6.45, 7) is 8.62. The normalized spacial score (nSPS) is 17.6. The summed E-state index contributed by atoms with van der Waals surface area (Å²) >= 11 is 0. The third kappa shape index (κ3) is 5.18. The van der Waals surface area contributed by atoms with Gasteiger partial charge in [-0.05, 0) is 43.9 Å². The molecule has 2 aromatic rings. The molecule has 3 rings (SSSR count). The molecule has 1 aromatic heterocycles. The van der Waals surface area contributed by atoms with Crippen LogP contribution in [0, 0.1) is 5.92 Å². The molecule has 2 heterocycles. The number of rotatable bonds is 9. The molecule has 1 atom stereocenters. The van der Waals surface area contributed by atoms with E-state index in [-0.39, 0.29) is 42.9 Å². The molecule has 0 bridgehead atoms. The Labute approximate surface area is 194 Å². The van der Waals surface area contributed by atoms with Gasteiger partial charge in [0.05, 0.1) is 20.3 Å². The molecule has 1 N–H and O–H groups in total. The monoisotopic (exact) mass is 456 g/mol. The highest BCUT2D eigenvalue weighted by atomic mass is 16.5. The van der Waals surface area contributed by atoms with Crippen LogP contribution in [0.1, 0.15) is 60.7 Å². The fraction of sp³-hybridized carbons (Fsp3) is 0.500. The molecule has 0 radical (unpaired) electrons. The lowest BCUT2D eigenvalue weighted by atomic mass is 9.94. The van der Waals surface area contributed by atoms with Crippen LogP contribution in [-0.2, 0) is 22.6 Å². The number of ether oxygens (including phenoxy) is 2. The number of hydrogen-bond acceptors (Lipinski definition) is 6. The number of benzene rings is 1. The lowest BCUT2D eigenvalue weighted by molar-refractivity contribution is -0.133. The van der Waals surface area contributed by atoms with Gasteiger partial charge in [0.25, 0.3) is 5.91 Å². The van der Waals surface area contributed by atoms with Gasteiger partial charge in [0, 0.05) is 19.2 Å². The molecule has 1 aromatic carbocycles. The largest absolute Gasteiger partial charge is 0.497 e. The van der Waals surface area contributed by atoms with Crippen LogP contribution in [-0.4, -0.2) is 58.3 Å². The van der Waals surface area contributed by atoms with Crippen molar-refractivity contribution in [2.75, 3.05) is 20.3 Å². The van der Waals surface area contributed by atoms with Gasteiger partial charge in [-0.25, -0.2) is 4.79 Å². The Morgan fingerprint density at radius 1 is 1.27 bits per heavy atom. The highest BCUT2D eigenvalue weighted by molar-refractivity contribution is 6.01. The van der Waals surface area contributed by atoms with Gasteiger partial charge in [-0.1, -0.05) is 26.0 Å². The van der Waals surface area contributed by atoms with Gasteiger partial charge in [0.15, 0.2) is 5.69 Å². The molecule has 0 fully saturated rings. The average Bonchev–Trinajstić information content (AvgIpc) is 3.20. The SMILES string of the molecule is CCOC(=O)c1cc2n(n1)CC(C)(C(=O)NCCC(C)C)N(Cc1cccc(OC)c1)C2=O. The first kappa shape index (κ1) is 24.3. The van der Waals surface area contributed by atoms with E-state index in [1.54, 1.807) is 25.9 Å². The predicted molar refractivity (Wildman–Crippen MR) is 122 cm³/mol. The second kappa shape index (κ2) is 10.1. The predicted octanol–water partition coefficient (Wildman–Crippen LogP) is 2.65. The smallest absolute Gasteiger partial charge is 0.358 e. The number of nitrogens with zero attached hydrogens (tertiary/aromatic N) is 3. The Hall–Kier alpha value is -3.36. The minimum atomic E-state index is -1.21. The van der Waals surface area contributed by atoms with Crippen molar-refractivity contribution in [1.29, 1.82) is 0 Å². The maximum Gasteiger partial charge on any atom is 0.358 e. The van der Waals surface area contributed by atoms with Crippen molar-refractivity contribution in [3.63, 3.8) is 0 Å². The van der Waals surface area contributed by atoms with Gasteiger partial charge in [0.1, 0.15) is 17.0 Å². The van der Waals surface area contributed by atoms with Gasteiger partial charge in [-0.3, -0.25) is 14.3 Å². The Balaban J connectivity index is 1.97. The molecule has 0 aliphatic carbocycles. The molecule has 0 saturated heterocycles. The van der Waals surface area contributed by atoms with Crippen molar-refractivity contribution in [2.45, 2.75) is 52.7 Å². The summed E-state index contributed by atoms with van der Waals surface area (Å²) in [5.74, 6) is -0.153. The van der Waals surface area contributed by atoms with Crippen LogP contribution >= 0.6 is 0 Å². The first-order valence-electron chi connectivity index (χ1n) is 11.2. The van der Waals surface area contributed by atoms with E-state index < -0.39 is 11.5 Å². The van der Waals surface area contributed by atoms with Crippen molar-refractivity contribution < 1.29 is 23.9 Å². The first-order valence-corrected chi connectivity index (χ1v) is 11.2. The lowest BCUT2D eigenvalue weighted by Gasteiger charge is -2.43. The highest BCUT2D eigenvalue weighted by Crippen LogP contribution is 2.30. The molecule has 1 unspecified atom stereocenters. The van der Waals surface area contributed by atoms with Gasteiger partial charge >= 0.3 is 5.97 Å². The van der Waals surface area contributed by atoms with Crippen LogP contribution in [0.3, 0.4) is 0 Å². The Kier molecular flexibility index (Phi) is 7.40. The van der Waals surface area contributed by atoms with Gasteiger partial charge in [-0.15, -0.1) is 0 Å². The second-order valence-corrected chi connectivity index (χ2v) is 8.75. The number of fused-ring (bicyclic) bond motifs is 1. The summed E-state index contributed by atoms with van der Waals surface area (Å²) in [5.41, 5.74) is -0.0934. The molecule has 0 spiro atoms. The third-order valence-corrected chi connectivity index (χ3v) is 5.75. The lowest BCUT2D eigenvalue weighted by Crippen LogP contribution is -2.63. The maximum atomic E-state index is 13.6. The molecule has 33 heavy (non-hydrogen) atoms. The second-order valence-electron chi connectivity index (χ2n) is 8.75. The number of esters is 1. The third-order valence-electron chi connectivity index (χ3n) is 5.75. The average molecular weight is 457 g/mol. The van der Waals surface area contributed by atoms with E-state index >= 15 is 0 Å². The van der Waals surface area contributed by atoms with Crippen LogP contribution in [0.5, 0.6) is 5.75 Å². The number of methoxy groups -OCH3 is 1. The van der Waals surface area contributed by atoms with E-state index in [2.05, 4.69) is 24.3 Å². The van der Waals surface area contributed by atoms with Crippen LogP contribution in [0.15, 0.2) is 30.3 Å². The standard InChI is InChI=1S/C24H32N4O5/c1-6-33-22(30)19-13-20-21(29)27(14-17-8-7-9-18(12-17)32-5)24(4,15-28(20)26-19)23(31)25-11-10-16(2)3/h7-9,12-13,16H,6,10-11,14-15H2,1-5H3,(H,25,31). The number of amides is 2. The zero-order chi connectivity index (χ0) is 24.2. The summed E-state index contributed by atoms with van der Waals surface area (Å²) in [6, 6.07) is 8.80. The number of carbonyl (C=O) groups excluding carboxylic acids is 3. The fourth-order valence-corrected chi connectivity index (χ4v) is 3.81. The summed E-state index contributed by atoms with van der Waals surface area (Å²) in [6.07, 6.45) is 0.825. The Morgan fingerprint density at radius 2 is 2.03 bits per heavy atom. The van der Waals surface area contributed by atoms with Crippen molar-refractivity contribution in [1.82, 2.24) is 20.0 Å². The summed E-state index contributed by atoms with van der Waals surface area (Å²) in [4.78, 5) is 40.7. The van der Waals surface area contributed by atoms with E-state index in [0.717, 1.165) is 12.0 Å². The molecule has 0 saturated carbocycles. The Bertz CT molecular complexity index is 1030. The molecule has 1 aliphatic rings. The molecule has 1 aliphatic heterocycles. The fourth-order valence-electron chi connectivity index (χ4n) is 3.81. The molecular weight excluding hydrogens is 424 g/mol. The Morgan fingerprint density at radius 3 is 2.70 bits per heavy atom. The summed E-state index contributed by atoms with van der Waals surface area (Å²) in [5, 5.41) is 7.24. The van der Waals surface area contributed by atoms with Crippen LogP contribution in [0.2, 0.25) is 0 Å². The highest BCUT2D eigenvalue weighted by Gasteiger charge is 2.48. The van der Waals surface area contributed by atoms with E-state index in [9.17, 15) is 14.4 Å². The van der Waals surface area contributed by atoms with Crippen molar-refractivity contribution in [3.05, 3.63) is 47.3 Å². The minimum Gasteiger partial charge on any atom is -0.497 e. The first-order chi connectivity index (χ1) is 15.7. The molecule has 9 nitrogen and oxygen atoms in total. The number of aromatic nitrogens is 2. The molecule has 2 amide bonds. The van der Waals surface area contributed by atoms with Crippen molar-refractivity contribution >= 4 is 17.8 Å². The van der Waals surface area contributed by atoms with E-state index in [1.807, 2.05) is 24.3 Å². The zero-order valence-corrected chi connectivity index (χ0v) is 19.9. The number of nitrogens with one attached hydrogen (secondary N) is 1. The van der Waals surface area contributed by atoms with E-state index in [1.165, 1.54) is 10.7 Å². The van der Waals surface area contributed by atoms with E-state index in [0.29, 0.717) is 18.2 Å². The van der Waals surface area contributed by atoms with Gasteiger partial charge < -0.3 is 19.7 Å².